The van der Waals surface area contributed by atoms with Crippen LogP contribution in [0.5, 0.6) is 11.8 Å². The van der Waals surface area contributed by atoms with Crippen molar-refractivity contribution in [2.75, 3.05) is 11.1 Å². The number of imidazole rings is 3. The molecule has 0 unspecified atom stereocenters. The predicted octanol–water partition coefficient (Wildman–Crippen LogP) is 7.32. The van der Waals surface area contributed by atoms with Crippen molar-refractivity contribution in [2.24, 2.45) is 21.1 Å². The first-order valence-electron chi connectivity index (χ1n) is 17.7. The molecule has 6 rings (SSSR count). The van der Waals surface area contributed by atoms with Crippen molar-refractivity contribution in [3.63, 3.8) is 0 Å². The van der Waals surface area contributed by atoms with E-state index in [1.807, 2.05) is 113 Å². The molecule has 0 aliphatic rings. The number of nitrogens with one attached hydrogen (secondary N) is 1. The van der Waals surface area contributed by atoms with Crippen molar-refractivity contribution < 1.29 is 9.47 Å². The molecule has 0 aliphatic carbocycles. The molecule has 0 radical (unpaired) electrons. The third kappa shape index (κ3) is 13.2. The van der Waals surface area contributed by atoms with E-state index in [1.165, 1.54) is 6.33 Å². The van der Waals surface area contributed by atoms with Gasteiger partial charge in [-0.15, -0.1) is 0 Å². The second kappa shape index (κ2) is 19.5. The minimum atomic E-state index is -0.342. The molecule has 6 heterocycles. The molecule has 0 saturated heterocycles. The summed E-state index contributed by atoms with van der Waals surface area (Å²) < 4.78 is 16.9. The summed E-state index contributed by atoms with van der Waals surface area (Å²) in [4.78, 5) is 37.5. The maximum atomic E-state index is 5.70. The molecule has 0 aromatic carbocycles. The van der Waals surface area contributed by atoms with Crippen LogP contribution in [0.1, 0.15) is 104 Å². The smallest absolute Gasteiger partial charge is 0.247 e. The van der Waals surface area contributed by atoms with Crippen LogP contribution in [0.2, 0.25) is 0 Å². The summed E-state index contributed by atoms with van der Waals surface area (Å²) in [6.07, 6.45) is 8.15. The molecule has 6 aromatic heterocycles. The first-order valence-corrected chi connectivity index (χ1v) is 17.7. The Labute approximate surface area is 309 Å². The monoisotopic (exact) mass is 723 g/mol. The van der Waals surface area contributed by atoms with Crippen molar-refractivity contribution in [1.82, 2.24) is 58.6 Å². The summed E-state index contributed by atoms with van der Waals surface area (Å²) >= 11 is 0. The fourth-order valence-electron chi connectivity index (χ4n) is 4.04. The van der Waals surface area contributed by atoms with Crippen molar-refractivity contribution in [1.29, 1.82) is 0 Å². The van der Waals surface area contributed by atoms with Gasteiger partial charge in [-0.2, -0.15) is 15.0 Å². The first-order chi connectivity index (χ1) is 24.3. The molecule has 0 atom stereocenters. The molecule has 288 valence electrons. The third-order valence-electron chi connectivity index (χ3n) is 5.80. The molecule has 0 saturated carbocycles. The second-order valence-corrected chi connectivity index (χ2v) is 13.7. The highest BCUT2D eigenvalue weighted by molar-refractivity contribution is 5.83. The van der Waals surface area contributed by atoms with Crippen molar-refractivity contribution >= 4 is 45.3 Å². The van der Waals surface area contributed by atoms with Gasteiger partial charge in [0.1, 0.15) is 29.4 Å². The van der Waals surface area contributed by atoms with Gasteiger partial charge in [-0.25, -0.2) is 29.9 Å². The van der Waals surface area contributed by atoms with Gasteiger partial charge in [-0.05, 0) is 62.3 Å². The molecule has 0 fully saturated rings. The Balaban J connectivity index is 0.000000363. The number of fused-ring (bicyclic) bond motifs is 3. The number of rotatable bonds is 3. The molecular weight excluding hydrogens is 660 g/mol. The van der Waals surface area contributed by atoms with Gasteiger partial charge in [0.25, 0.3) is 0 Å². The molecule has 16 heteroatoms. The Hall–Kier alpha value is -5.15. The van der Waals surface area contributed by atoms with E-state index in [4.69, 9.17) is 15.2 Å². The van der Waals surface area contributed by atoms with Crippen molar-refractivity contribution in [3.8, 4) is 11.8 Å². The zero-order valence-electron chi connectivity index (χ0n) is 34.6. The zero-order chi connectivity index (χ0) is 40.0. The Morgan fingerprint density at radius 3 is 1.40 bits per heavy atom. The lowest BCUT2D eigenvalue weighted by Gasteiger charge is -2.21. The lowest BCUT2D eigenvalue weighted by atomic mass is 10.1. The Bertz CT molecular complexity index is 1850. The summed E-state index contributed by atoms with van der Waals surface area (Å²) in [6.45, 7) is 30.0. The van der Waals surface area contributed by atoms with Crippen molar-refractivity contribution in [3.05, 3.63) is 31.6 Å². The third-order valence-corrected chi connectivity index (χ3v) is 5.80. The summed E-state index contributed by atoms with van der Waals surface area (Å²) in [7, 11) is 5.66. The lowest BCUT2D eigenvalue weighted by molar-refractivity contribution is 0.125. The number of aryl methyl sites for hydroxylation is 3. The van der Waals surface area contributed by atoms with Crippen LogP contribution in [0, 0.1) is 0 Å². The standard InChI is InChI=1S/C10H15N5O.C10H15N5.C10H14N4O.3C2H6/c1-10(2,3)16-8-6-7(13-9(11)14-8)15(4)5-12-6;1-10(2,3)14-8-7-9(12-5-11-8)15(4)6-13-7;1-10(2,3)15-9-7-8(11-5-12-9)14(4)6-13-7;3*1-2/h5H,1-4H3,(H2,11,13,14);5-6H,1-4H3,(H,11,12,14);5-6H,1-4H3;3*1-2H3. The number of ether oxygens (including phenoxy) is 2. The van der Waals surface area contributed by atoms with Crippen LogP contribution in [0.4, 0.5) is 11.8 Å². The summed E-state index contributed by atoms with van der Waals surface area (Å²) in [6, 6.07) is 0. The van der Waals surface area contributed by atoms with Gasteiger partial charge in [0.15, 0.2) is 33.8 Å². The largest absolute Gasteiger partial charge is 0.470 e. The van der Waals surface area contributed by atoms with Crippen LogP contribution in [-0.4, -0.2) is 75.3 Å². The average Bonchev–Trinajstić information content (AvgIpc) is 3.76. The summed E-state index contributed by atoms with van der Waals surface area (Å²) in [5.41, 5.74) is 9.43. The lowest BCUT2D eigenvalue weighted by Crippen LogP contribution is -2.26. The van der Waals surface area contributed by atoms with E-state index in [1.54, 1.807) is 29.9 Å². The van der Waals surface area contributed by atoms with Gasteiger partial charge in [-0.3, -0.25) is 0 Å². The van der Waals surface area contributed by atoms with Crippen LogP contribution in [0.15, 0.2) is 31.6 Å². The van der Waals surface area contributed by atoms with E-state index < -0.39 is 0 Å². The fraction of sp³-hybridized carbons (Fsp3) is 0.583. The summed E-state index contributed by atoms with van der Waals surface area (Å²) in [5, 5.41) is 3.31. The van der Waals surface area contributed by atoms with Crippen LogP contribution in [-0.2, 0) is 21.1 Å². The van der Waals surface area contributed by atoms with Gasteiger partial charge in [0, 0.05) is 26.7 Å². The van der Waals surface area contributed by atoms with E-state index in [0.29, 0.717) is 28.4 Å². The number of hydrogen-bond donors (Lipinski definition) is 2. The minimum absolute atomic E-state index is 0.0290. The highest BCUT2D eigenvalue weighted by atomic mass is 16.5. The molecule has 6 aromatic rings. The van der Waals surface area contributed by atoms with Crippen LogP contribution >= 0.6 is 0 Å². The topological polar surface area (TPSA) is 187 Å². The van der Waals surface area contributed by atoms with E-state index in [0.717, 1.165) is 22.6 Å². The van der Waals surface area contributed by atoms with E-state index >= 15 is 0 Å². The Morgan fingerprint density at radius 1 is 0.519 bits per heavy atom. The van der Waals surface area contributed by atoms with E-state index in [9.17, 15) is 0 Å². The highest BCUT2D eigenvalue weighted by Crippen LogP contribution is 2.25. The van der Waals surface area contributed by atoms with Crippen LogP contribution in [0.25, 0.3) is 33.5 Å². The molecule has 3 N–H and O–H groups in total. The minimum Gasteiger partial charge on any atom is -0.470 e. The van der Waals surface area contributed by atoms with Gasteiger partial charge in [0.2, 0.25) is 17.7 Å². The van der Waals surface area contributed by atoms with Gasteiger partial charge < -0.3 is 34.2 Å². The van der Waals surface area contributed by atoms with Crippen LogP contribution in [0.3, 0.4) is 0 Å². The maximum Gasteiger partial charge on any atom is 0.247 e. The van der Waals surface area contributed by atoms with Gasteiger partial charge in [0.05, 0.1) is 19.0 Å². The average molecular weight is 723 g/mol. The predicted molar refractivity (Wildman–Crippen MR) is 212 cm³/mol. The Kier molecular flexibility index (Phi) is 16.8. The molecule has 0 amide bonds. The first kappa shape index (κ1) is 44.9. The molecule has 16 nitrogen and oxygen atoms in total. The number of nitrogens with two attached hydrogens (primary N) is 1. The molecular formula is C36H62N14O2. The quantitative estimate of drug-likeness (QED) is 0.185. The van der Waals surface area contributed by atoms with Gasteiger partial charge >= 0.3 is 0 Å². The number of nitrogens with zero attached hydrogens (tertiary/aromatic N) is 12. The van der Waals surface area contributed by atoms with Gasteiger partial charge in [-0.1, -0.05) is 41.5 Å². The molecule has 52 heavy (non-hydrogen) atoms. The normalized spacial score (nSPS) is 11.0. The number of hydrogen-bond acceptors (Lipinski definition) is 13. The number of aromatic nitrogens is 12. The number of nitrogen functional groups attached to an aromatic ring is 1. The van der Waals surface area contributed by atoms with E-state index in [2.05, 4.69) is 70.9 Å². The zero-order valence-corrected chi connectivity index (χ0v) is 34.6. The second-order valence-electron chi connectivity index (χ2n) is 13.7. The van der Waals surface area contributed by atoms with Crippen molar-refractivity contribution in [2.45, 2.75) is 121 Å². The SMILES string of the molecule is CC.CC.CC.Cn1cnc2c(NC(C)(C)C)ncnc21.Cn1cnc2c(OC(C)(C)C)nc(N)nc21.Cn1cnc2c(OC(C)(C)C)ncnc21. The number of anilines is 2. The van der Waals surface area contributed by atoms with E-state index in [-0.39, 0.29) is 22.7 Å². The maximum absolute atomic E-state index is 5.70. The molecule has 0 bridgehead atoms. The fourth-order valence-corrected chi connectivity index (χ4v) is 4.04. The Morgan fingerprint density at radius 2 is 0.923 bits per heavy atom. The highest BCUT2D eigenvalue weighted by Gasteiger charge is 2.19. The molecule has 0 spiro atoms. The summed E-state index contributed by atoms with van der Waals surface area (Å²) in [5.74, 6) is 1.94. The molecule has 0 aliphatic heterocycles. The van der Waals surface area contributed by atoms with Crippen LogP contribution < -0.4 is 20.5 Å².